The Morgan fingerprint density at radius 3 is 2.14 bits per heavy atom. The first-order chi connectivity index (χ1) is 12.9. The molecule has 0 N–H and O–H groups in total. The minimum Gasteiger partial charge on any atom is -0.347 e. The van der Waals surface area contributed by atoms with E-state index in [9.17, 15) is 22.8 Å². The maximum atomic E-state index is 13.6. The van der Waals surface area contributed by atoms with E-state index in [0.717, 1.165) is 23.9 Å². The van der Waals surface area contributed by atoms with E-state index in [1.807, 2.05) is 50.1 Å². The number of carbonyl (C=O) groups is 2. The molecular formula is C21H21F3N2O2. The fourth-order valence-electron chi connectivity index (χ4n) is 3.92. The van der Waals surface area contributed by atoms with Gasteiger partial charge in [-0.2, -0.15) is 13.2 Å². The topological polar surface area (TPSA) is 40.6 Å². The quantitative estimate of drug-likeness (QED) is 0.535. The number of alkyl halides is 3. The maximum Gasteiger partial charge on any atom is 0.417 e. The Bertz CT molecular complexity index is 968. The summed E-state index contributed by atoms with van der Waals surface area (Å²) in [5.74, 6) is -1.90. The van der Waals surface area contributed by atoms with Crippen molar-refractivity contribution in [1.29, 1.82) is 0 Å². The van der Waals surface area contributed by atoms with Crippen LogP contribution in [0.3, 0.4) is 0 Å². The van der Waals surface area contributed by atoms with Gasteiger partial charge in [0.1, 0.15) is 0 Å². The molecule has 0 fully saturated rings. The largest absolute Gasteiger partial charge is 0.417 e. The van der Waals surface area contributed by atoms with Crippen LogP contribution in [0.2, 0.25) is 0 Å². The van der Waals surface area contributed by atoms with Gasteiger partial charge in [0.05, 0.1) is 11.1 Å². The fraction of sp³-hybridized carbons (Fsp3) is 0.333. The molecular weight excluding hydrogens is 369 g/mol. The lowest BCUT2D eigenvalue weighted by Gasteiger charge is -2.28. The van der Waals surface area contributed by atoms with Crippen LogP contribution in [-0.4, -0.2) is 37.0 Å². The highest BCUT2D eigenvalue weighted by Crippen LogP contribution is 2.47. The van der Waals surface area contributed by atoms with Gasteiger partial charge in [-0.15, -0.1) is 0 Å². The number of fused-ring (bicyclic) bond motifs is 1. The predicted molar refractivity (Wildman–Crippen MR) is 101 cm³/mol. The third-order valence-electron chi connectivity index (χ3n) is 5.44. The van der Waals surface area contributed by atoms with Gasteiger partial charge in [-0.05, 0) is 30.7 Å². The molecule has 0 bridgehead atoms. The molecule has 2 aliphatic heterocycles. The Hall–Kier alpha value is -2.83. The Balaban J connectivity index is 2.17. The van der Waals surface area contributed by atoms with Crippen LogP contribution < -0.4 is 4.90 Å². The lowest BCUT2D eigenvalue weighted by atomic mass is 9.83. The molecule has 0 radical (unpaired) electrons. The highest BCUT2D eigenvalue weighted by atomic mass is 19.4. The average molecular weight is 390 g/mol. The third kappa shape index (κ3) is 2.85. The number of rotatable bonds is 1. The highest BCUT2D eigenvalue weighted by molar-refractivity contribution is 6.16. The number of likely N-dealkylation sites (N-methyl/N-ethyl adjacent to an activating group) is 2. The third-order valence-corrected chi connectivity index (χ3v) is 5.44. The van der Waals surface area contributed by atoms with Gasteiger partial charge < -0.3 is 4.90 Å². The van der Waals surface area contributed by atoms with Gasteiger partial charge in [0, 0.05) is 36.5 Å². The van der Waals surface area contributed by atoms with Crippen LogP contribution in [0.1, 0.15) is 26.3 Å². The van der Waals surface area contributed by atoms with E-state index in [1.165, 1.54) is 19.2 Å². The van der Waals surface area contributed by atoms with Crippen LogP contribution in [-0.2, 0) is 15.0 Å². The standard InChI is InChI=1S/C21H21F3N2O2/c1-12-17(21(22,23)24)13(19(28)26(5)18(12)27)10-11-16-20(2,3)14-8-6-7-9-15(14)25(16)4/h6-11H,1-5H3/b13-10?,16-11-. The Morgan fingerprint density at radius 1 is 0.964 bits per heavy atom. The molecule has 0 saturated heterocycles. The zero-order valence-corrected chi connectivity index (χ0v) is 16.3. The van der Waals surface area contributed by atoms with E-state index in [1.54, 1.807) is 0 Å². The average Bonchev–Trinajstić information content (AvgIpc) is 2.81. The number of hydrogen-bond acceptors (Lipinski definition) is 3. The van der Waals surface area contributed by atoms with Gasteiger partial charge in [-0.1, -0.05) is 32.0 Å². The van der Waals surface area contributed by atoms with Crippen LogP contribution >= 0.6 is 0 Å². The summed E-state index contributed by atoms with van der Waals surface area (Å²) in [7, 11) is 3.02. The molecule has 2 heterocycles. The molecule has 0 saturated carbocycles. The van der Waals surface area contributed by atoms with E-state index < -0.39 is 40.1 Å². The molecule has 2 amide bonds. The minimum absolute atomic E-state index is 0.445. The molecule has 0 unspecified atom stereocenters. The number of nitrogens with zero attached hydrogens (tertiary/aromatic N) is 2. The van der Waals surface area contributed by atoms with Crippen molar-refractivity contribution in [1.82, 2.24) is 4.90 Å². The zero-order valence-electron chi connectivity index (χ0n) is 16.3. The Labute approximate surface area is 161 Å². The van der Waals surface area contributed by atoms with E-state index >= 15 is 0 Å². The number of hydrogen-bond donors (Lipinski definition) is 0. The molecule has 28 heavy (non-hydrogen) atoms. The van der Waals surface area contributed by atoms with E-state index in [4.69, 9.17) is 0 Å². The monoisotopic (exact) mass is 390 g/mol. The van der Waals surface area contributed by atoms with E-state index in [-0.39, 0.29) is 0 Å². The molecule has 0 spiro atoms. The second kappa shape index (κ2) is 6.36. The molecule has 7 heteroatoms. The summed E-state index contributed by atoms with van der Waals surface area (Å²) in [6.45, 7) is 5.05. The number of amides is 2. The molecule has 0 aromatic heterocycles. The molecule has 1 aromatic carbocycles. The van der Waals surface area contributed by atoms with Crippen LogP contribution in [0.25, 0.3) is 0 Å². The minimum atomic E-state index is -4.80. The van der Waals surface area contributed by atoms with Gasteiger partial charge in [0.15, 0.2) is 0 Å². The number of allylic oxidation sites excluding steroid dienone is 3. The molecule has 4 nitrogen and oxygen atoms in total. The SMILES string of the molecule is CC1=C(C(F)(F)F)C(=C/C=C2\N(C)c3ccccc3C2(C)C)C(=O)N(C)C1=O. The van der Waals surface area contributed by atoms with Crippen molar-refractivity contribution in [3.05, 3.63) is 64.4 Å². The molecule has 3 rings (SSSR count). The van der Waals surface area contributed by atoms with Gasteiger partial charge in [-0.3, -0.25) is 14.5 Å². The van der Waals surface area contributed by atoms with Crippen molar-refractivity contribution in [2.45, 2.75) is 32.4 Å². The van der Waals surface area contributed by atoms with Gasteiger partial charge >= 0.3 is 6.18 Å². The summed E-state index contributed by atoms with van der Waals surface area (Å²) >= 11 is 0. The van der Waals surface area contributed by atoms with Crippen molar-refractivity contribution >= 4 is 17.5 Å². The van der Waals surface area contributed by atoms with Gasteiger partial charge in [0.25, 0.3) is 11.8 Å². The first kappa shape index (κ1) is 19.9. The van der Waals surface area contributed by atoms with Crippen molar-refractivity contribution in [2.75, 3.05) is 19.0 Å². The first-order valence-corrected chi connectivity index (χ1v) is 8.75. The van der Waals surface area contributed by atoms with E-state index in [2.05, 4.69) is 0 Å². The molecule has 1 aromatic rings. The maximum absolute atomic E-state index is 13.6. The van der Waals surface area contributed by atoms with Crippen LogP contribution in [0, 0.1) is 0 Å². The molecule has 0 aliphatic carbocycles. The Kier molecular flexibility index (Phi) is 4.52. The van der Waals surface area contributed by atoms with Crippen molar-refractivity contribution in [2.24, 2.45) is 0 Å². The predicted octanol–water partition coefficient (Wildman–Crippen LogP) is 4.10. The number of halogens is 3. The van der Waals surface area contributed by atoms with Crippen molar-refractivity contribution < 1.29 is 22.8 Å². The van der Waals surface area contributed by atoms with Crippen LogP contribution in [0.5, 0.6) is 0 Å². The second-order valence-corrected chi connectivity index (χ2v) is 7.50. The summed E-state index contributed by atoms with van der Waals surface area (Å²) in [4.78, 5) is 27.1. The van der Waals surface area contributed by atoms with E-state index in [0.29, 0.717) is 4.90 Å². The normalized spacial score (nSPS) is 22.6. The summed E-state index contributed by atoms with van der Waals surface area (Å²) in [6.07, 6.45) is -2.09. The van der Waals surface area contributed by atoms with Crippen molar-refractivity contribution in [3.63, 3.8) is 0 Å². The fourth-order valence-corrected chi connectivity index (χ4v) is 3.92. The number of imide groups is 1. The summed E-state index contributed by atoms with van der Waals surface area (Å²) in [6, 6.07) is 7.72. The molecule has 148 valence electrons. The van der Waals surface area contributed by atoms with Crippen molar-refractivity contribution in [3.8, 4) is 0 Å². The lowest BCUT2D eigenvalue weighted by Crippen LogP contribution is -2.42. The molecule has 0 atom stereocenters. The number of carbonyl (C=O) groups excluding carboxylic acids is 2. The zero-order chi connectivity index (χ0) is 21.0. The van der Waals surface area contributed by atoms with Gasteiger partial charge in [-0.25, -0.2) is 0 Å². The van der Waals surface area contributed by atoms with Gasteiger partial charge in [0.2, 0.25) is 0 Å². The smallest absolute Gasteiger partial charge is 0.347 e. The number of para-hydroxylation sites is 1. The lowest BCUT2D eigenvalue weighted by molar-refractivity contribution is -0.142. The first-order valence-electron chi connectivity index (χ1n) is 8.75. The number of anilines is 1. The Morgan fingerprint density at radius 2 is 1.57 bits per heavy atom. The number of benzene rings is 1. The summed E-state index contributed by atoms with van der Waals surface area (Å²) in [5, 5.41) is 0. The summed E-state index contributed by atoms with van der Waals surface area (Å²) < 4.78 is 40.8. The summed E-state index contributed by atoms with van der Waals surface area (Å²) in [5.41, 5.74) is 0.135. The molecule has 2 aliphatic rings. The van der Waals surface area contributed by atoms with Crippen LogP contribution in [0.15, 0.2) is 58.8 Å². The second-order valence-electron chi connectivity index (χ2n) is 7.50. The van der Waals surface area contributed by atoms with Crippen LogP contribution in [0.4, 0.5) is 18.9 Å². The highest BCUT2D eigenvalue weighted by Gasteiger charge is 2.46.